The van der Waals surface area contributed by atoms with Crippen molar-refractivity contribution in [2.75, 3.05) is 27.8 Å². The number of likely N-dealkylation sites (tertiary alicyclic amines) is 2. The number of nitrogens with two attached hydrogens (primary N) is 2. The number of aromatic amines is 3. The number of esters is 2. The van der Waals surface area contributed by atoms with E-state index in [1.54, 1.807) is 0 Å². The zero-order valence-electron chi connectivity index (χ0n) is 36.9. The van der Waals surface area contributed by atoms with E-state index in [1.807, 2.05) is 0 Å². The minimum absolute atomic E-state index is 0. The number of rotatable bonds is 17. The number of nitro groups is 3. The number of H-pyrrole nitrogens is 3. The fourth-order valence-corrected chi connectivity index (χ4v) is 7.22. The van der Waals surface area contributed by atoms with Gasteiger partial charge in [0.2, 0.25) is 35.4 Å². The van der Waals surface area contributed by atoms with Crippen molar-refractivity contribution in [1.82, 2.24) is 55.7 Å². The summed E-state index contributed by atoms with van der Waals surface area (Å²) in [6, 6.07) is -5.58. The minimum Gasteiger partial charge on any atom is -0.468 e. The average molecular weight is 997 g/mol. The summed E-state index contributed by atoms with van der Waals surface area (Å²) in [6.45, 7) is 0.279. The highest BCUT2D eigenvalue weighted by Gasteiger charge is 2.40. The first-order chi connectivity index (χ1) is 32.2. The largest absolute Gasteiger partial charge is 0.468 e. The van der Waals surface area contributed by atoms with E-state index < -0.39 is 86.6 Å². The van der Waals surface area contributed by atoms with Crippen molar-refractivity contribution in [2.45, 2.75) is 94.0 Å². The summed E-state index contributed by atoms with van der Waals surface area (Å²) in [5.74, 6) is -5.16. The second-order valence-electron chi connectivity index (χ2n) is 15.1. The molecule has 3 aliphatic rings. The van der Waals surface area contributed by atoms with E-state index in [-0.39, 0.29) is 104 Å². The molecule has 6 heterocycles. The fraction of sp³-hybridized carbons (Fsp3) is 0.528. The highest BCUT2D eigenvalue weighted by molar-refractivity contribution is 5.96. The number of nitrogens with zero attached hydrogens (tertiary/aromatic N) is 8. The number of hydrogen-bond donors (Lipinski definition) is 8. The van der Waals surface area contributed by atoms with Gasteiger partial charge in [-0.25, -0.2) is 34.7 Å². The Hall–Kier alpha value is -8.16. The SMILES string of the molecule is COC(=O)C(Cc1nc[nH]c1[N+](=O)[O-])NC(=O)C1CCC(=O)N1C.COC(=O)C(N)Cc1nc[nH]c1[N+](=O)[O-].Cl.NC(=O)C1CCCN1C(=O)C(Cc1nc[nH]c1[N+](=O)[O-])NC(=O)C1CCC(=O)N1. The summed E-state index contributed by atoms with van der Waals surface area (Å²) in [4.78, 5) is 147. The van der Waals surface area contributed by atoms with Crippen LogP contribution in [0.5, 0.6) is 0 Å². The van der Waals surface area contributed by atoms with Gasteiger partial charge in [0.1, 0.15) is 53.3 Å². The van der Waals surface area contributed by atoms with Crippen molar-refractivity contribution in [2.24, 2.45) is 11.5 Å². The molecule has 0 aromatic carbocycles. The smallest absolute Gasteiger partial charge is 0.343 e. The third-order valence-electron chi connectivity index (χ3n) is 10.7. The number of carbonyl (C=O) groups is 8. The van der Waals surface area contributed by atoms with E-state index in [0.717, 1.165) is 19.8 Å². The van der Waals surface area contributed by atoms with E-state index in [2.05, 4.69) is 55.3 Å². The van der Waals surface area contributed by atoms with Gasteiger partial charge < -0.3 is 77.0 Å². The molecule has 3 fully saturated rings. The molecule has 0 aliphatic carbocycles. The van der Waals surface area contributed by atoms with Crippen molar-refractivity contribution in [3.63, 3.8) is 0 Å². The van der Waals surface area contributed by atoms with Gasteiger partial charge >= 0.3 is 29.4 Å². The molecule has 6 amide bonds. The molecule has 3 aromatic heterocycles. The van der Waals surface area contributed by atoms with Gasteiger partial charge in [0.05, 0.1) is 14.2 Å². The normalized spacial score (nSPS) is 18.3. The average Bonchev–Trinajstić information content (AvgIpc) is 4.16. The summed E-state index contributed by atoms with van der Waals surface area (Å²) in [6.07, 6.45) is 4.98. The molecule has 32 nitrogen and oxygen atoms in total. The van der Waals surface area contributed by atoms with Gasteiger partial charge in [-0.05, 0) is 40.5 Å². The van der Waals surface area contributed by atoms with Crippen LogP contribution >= 0.6 is 12.4 Å². The van der Waals surface area contributed by atoms with Crippen LogP contribution < -0.4 is 27.4 Å². The fourth-order valence-electron chi connectivity index (χ4n) is 7.22. The molecule has 3 aromatic rings. The highest BCUT2D eigenvalue weighted by Crippen LogP contribution is 2.22. The molecule has 376 valence electrons. The maximum Gasteiger partial charge on any atom is 0.343 e. The van der Waals surface area contributed by atoms with Crippen LogP contribution in [0.3, 0.4) is 0 Å². The molecule has 0 saturated carbocycles. The molecule has 33 heteroatoms. The highest BCUT2D eigenvalue weighted by atomic mass is 35.5. The maximum absolute atomic E-state index is 13.1. The van der Waals surface area contributed by atoms with Crippen LogP contribution in [0.4, 0.5) is 17.5 Å². The predicted molar refractivity (Wildman–Crippen MR) is 231 cm³/mol. The molecule has 0 spiro atoms. The van der Waals surface area contributed by atoms with Crippen LogP contribution in [-0.2, 0) is 67.1 Å². The van der Waals surface area contributed by atoms with Gasteiger partial charge in [0.15, 0.2) is 19.0 Å². The van der Waals surface area contributed by atoms with E-state index in [4.69, 9.17) is 11.5 Å². The first-order valence-corrected chi connectivity index (χ1v) is 20.3. The van der Waals surface area contributed by atoms with Crippen LogP contribution in [-0.4, -0.2) is 166 Å². The zero-order chi connectivity index (χ0) is 50.4. The number of likely N-dealkylation sites (N-methyl/N-ethyl adjacent to an activating group) is 1. The van der Waals surface area contributed by atoms with Gasteiger partial charge in [-0.2, -0.15) is 0 Å². The first-order valence-electron chi connectivity index (χ1n) is 20.3. The molecule has 10 N–H and O–H groups in total. The van der Waals surface area contributed by atoms with E-state index in [0.29, 0.717) is 19.3 Å². The Morgan fingerprint density at radius 1 is 0.754 bits per heavy atom. The summed E-state index contributed by atoms with van der Waals surface area (Å²) >= 11 is 0. The van der Waals surface area contributed by atoms with Crippen molar-refractivity contribution in [1.29, 1.82) is 0 Å². The molecule has 6 unspecified atom stereocenters. The second kappa shape index (κ2) is 25.1. The molecular formula is C36H49ClN16O16. The Labute approximate surface area is 394 Å². The Morgan fingerprint density at radius 3 is 1.68 bits per heavy atom. The number of halogens is 1. The standard InChI is InChI=1S/C16H21N7O6.C13H17N5O6.C7H10N4O4.ClH/c17-13(25)11-2-1-5-22(11)16(27)10(6-9-14(23(28)29)19-7-18-9)21-15(26)8-3-4-12(24)20-8;1-17-9(3-4-10(17)19)12(20)16-8(13(21)24-2)5-7-11(18(22)23)15-6-14-7;1-15-7(12)4(8)2-5-6(11(13)14)10-3-9-5;/h7-8,10-11H,1-6H2,(H2,17,25)(H,18,19)(H,20,24)(H,21,26);6,8-9H,3-5H2,1-2H3,(H,14,15)(H,16,20);3-4H,2,8H2,1H3,(H,9,10);1H. The maximum atomic E-state index is 13.1. The van der Waals surface area contributed by atoms with E-state index in [1.165, 1.54) is 30.3 Å². The number of primary amides is 1. The predicted octanol–water partition coefficient (Wildman–Crippen LogP) is -2.98. The van der Waals surface area contributed by atoms with Crippen molar-refractivity contribution in [3.8, 4) is 0 Å². The van der Waals surface area contributed by atoms with Gasteiger partial charge in [0.25, 0.3) is 0 Å². The van der Waals surface area contributed by atoms with Crippen LogP contribution in [0.2, 0.25) is 0 Å². The number of methoxy groups -OCH3 is 2. The molecule has 0 radical (unpaired) electrons. The van der Waals surface area contributed by atoms with Gasteiger partial charge in [-0.3, -0.25) is 33.6 Å². The number of hydrogen-bond acceptors (Lipinski definition) is 20. The van der Waals surface area contributed by atoms with E-state index >= 15 is 0 Å². The van der Waals surface area contributed by atoms with Crippen LogP contribution in [0.25, 0.3) is 0 Å². The second-order valence-corrected chi connectivity index (χ2v) is 15.1. The van der Waals surface area contributed by atoms with Crippen molar-refractivity contribution >= 4 is 77.2 Å². The zero-order valence-corrected chi connectivity index (χ0v) is 37.8. The lowest BCUT2D eigenvalue weighted by Gasteiger charge is -2.28. The molecule has 6 atom stereocenters. The molecular weight excluding hydrogens is 948 g/mol. The number of carbonyl (C=O) groups excluding carboxylic acids is 8. The number of nitrogens with one attached hydrogen (secondary N) is 6. The summed E-state index contributed by atoms with van der Waals surface area (Å²) in [5, 5.41) is 40.1. The van der Waals surface area contributed by atoms with Gasteiger partial charge in [-0.1, -0.05) is 0 Å². The van der Waals surface area contributed by atoms with E-state index in [9.17, 15) is 68.7 Å². The summed E-state index contributed by atoms with van der Waals surface area (Å²) in [7, 11) is 3.85. The molecule has 69 heavy (non-hydrogen) atoms. The molecule has 6 rings (SSSR count). The minimum atomic E-state index is -1.21. The van der Waals surface area contributed by atoms with Crippen molar-refractivity contribution < 1.29 is 62.6 Å². The van der Waals surface area contributed by atoms with Crippen LogP contribution in [0.1, 0.15) is 55.6 Å². The summed E-state index contributed by atoms with van der Waals surface area (Å²) in [5.41, 5.74) is 10.9. The lowest BCUT2D eigenvalue weighted by Crippen LogP contribution is -2.56. The molecule has 3 aliphatic heterocycles. The first kappa shape index (κ1) is 55.2. The third-order valence-corrected chi connectivity index (χ3v) is 10.7. The Bertz CT molecular complexity index is 2410. The molecule has 3 saturated heterocycles. The summed E-state index contributed by atoms with van der Waals surface area (Å²) < 4.78 is 9.02. The number of amides is 6. The van der Waals surface area contributed by atoms with Crippen LogP contribution in [0, 0.1) is 30.3 Å². The van der Waals surface area contributed by atoms with Gasteiger partial charge in [-0.15, -0.1) is 12.4 Å². The lowest BCUT2D eigenvalue weighted by molar-refractivity contribution is -0.390. The Morgan fingerprint density at radius 2 is 1.25 bits per heavy atom. The topological polar surface area (TPSA) is 465 Å². The van der Waals surface area contributed by atoms with Gasteiger partial charge in [0, 0.05) is 45.7 Å². The third kappa shape index (κ3) is 14.4. The molecule has 0 bridgehead atoms. The van der Waals surface area contributed by atoms with Crippen LogP contribution in [0.15, 0.2) is 19.0 Å². The monoisotopic (exact) mass is 996 g/mol. The lowest BCUT2D eigenvalue weighted by atomic mass is 10.1. The number of ether oxygens (including phenoxy) is 2. The Kier molecular flexibility index (Phi) is 20.1. The Balaban J connectivity index is 0.000000285. The quantitative estimate of drug-likeness (QED) is 0.0380. The number of aromatic nitrogens is 6. The number of imidazole rings is 3. The van der Waals surface area contributed by atoms with Crippen molar-refractivity contribution in [3.05, 3.63) is 66.4 Å².